The van der Waals surface area contributed by atoms with Gasteiger partial charge in [-0.25, -0.2) is 14.4 Å². The van der Waals surface area contributed by atoms with Crippen molar-refractivity contribution in [2.75, 3.05) is 13.1 Å². The van der Waals surface area contributed by atoms with Gasteiger partial charge in [-0.15, -0.1) is 80.4 Å². The van der Waals surface area contributed by atoms with Gasteiger partial charge in [-0.05, 0) is 216 Å². The van der Waals surface area contributed by atoms with E-state index in [-0.39, 0.29) is 144 Å². The fourth-order valence-corrected chi connectivity index (χ4v) is 19.2. The molecule has 0 saturated heterocycles. The van der Waals surface area contributed by atoms with Gasteiger partial charge in [-0.2, -0.15) is 0 Å². The van der Waals surface area contributed by atoms with Crippen LogP contribution in [0.3, 0.4) is 0 Å². The molecule has 0 fully saturated rings. The molecule has 41 heteroatoms. The molecule has 5 aromatic rings. The largest absolute Gasteiger partial charge is 4.00 e. The molecule has 3 aliphatic rings. The topological polar surface area (TPSA) is 120 Å². The average molecular weight is 2420 g/mol. The van der Waals surface area contributed by atoms with Crippen molar-refractivity contribution >= 4 is 226 Å². The van der Waals surface area contributed by atoms with Crippen molar-refractivity contribution in [1.29, 1.82) is 0 Å². The number of hydrogen-bond donors (Lipinski definition) is 0. The number of nitrogens with zero attached hydrogens (tertiary/aromatic N) is 16. The van der Waals surface area contributed by atoms with Gasteiger partial charge in [-0.1, -0.05) is 47.4 Å². The predicted octanol–water partition coefficient (Wildman–Crippen LogP) is 16.8. The number of aromatic nitrogens is 10. The van der Waals surface area contributed by atoms with Crippen LogP contribution in [0.15, 0.2) is 132 Å². The van der Waals surface area contributed by atoms with Crippen molar-refractivity contribution in [3.63, 3.8) is 0 Å². The van der Waals surface area contributed by atoms with E-state index in [9.17, 15) is 14.4 Å². The van der Waals surface area contributed by atoms with Gasteiger partial charge >= 0.3 is 59.2 Å². The Labute approximate surface area is 847 Å². The Morgan fingerprint density at radius 2 is 0.422 bits per heavy atom. The van der Waals surface area contributed by atoms with E-state index in [0.29, 0.717) is 87.5 Å². The fourth-order valence-electron chi connectivity index (χ4n) is 11.8. The van der Waals surface area contributed by atoms with Crippen molar-refractivity contribution in [2.24, 2.45) is 0 Å². The van der Waals surface area contributed by atoms with Crippen LogP contribution in [0, 0.1) is 9.54 Å². The third-order valence-electron chi connectivity index (χ3n) is 16.9. The predicted molar refractivity (Wildman–Crippen MR) is 507 cm³/mol. The molecule has 0 amide bonds. The smallest absolute Gasteiger partial charge is 0.762 e. The van der Waals surface area contributed by atoms with Crippen LogP contribution in [-0.4, -0.2) is 112 Å². The van der Waals surface area contributed by atoms with Crippen LogP contribution < -0.4 is 17.1 Å². The summed E-state index contributed by atoms with van der Waals surface area (Å²) in [5, 5.41) is 10.2. The Morgan fingerprint density at radius 1 is 0.259 bits per heavy atom. The van der Waals surface area contributed by atoms with Crippen LogP contribution >= 0.6 is 24.4 Å². The molecule has 8 heterocycles. The fraction of sp³-hybridized carbons (Fsp3) is 0.640. The number of imidazole rings is 5. The zero-order valence-corrected chi connectivity index (χ0v) is 93.5. The minimum Gasteiger partial charge on any atom is -0.762 e. The molecule has 672 valence electrons. The zero-order chi connectivity index (χ0) is 87.7. The molecular formula is C75H118N16NiO3PdPt2S18-8. The van der Waals surface area contributed by atoms with Gasteiger partial charge in [0.15, 0.2) is 9.54 Å². The van der Waals surface area contributed by atoms with Gasteiger partial charge < -0.3 is 277 Å². The quantitative estimate of drug-likeness (QED) is 0.0417. The van der Waals surface area contributed by atoms with Gasteiger partial charge in [0.05, 0.1) is 0 Å². The van der Waals surface area contributed by atoms with E-state index in [2.05, 4.69) is 144 Å². The van der Waals surface area contributed by atoms with Crippen molar-refractivity contribution in [3.8, 4) is 0 Å². The van der Waals surface area contributed by atoms with Crippen molar-refractivity contribution in [3.05, 3.63) is 108 Å². The maximum Gasteiger partial charge on any atom is 4.00 e. The minimum atomic E-state index is -0.0926. The Morgan fingerprint density at radius 3 is 0.543 bits per heavy atom. The molecule has 0 atom stereocenters. The van der Waals surface area contributed by atoms with E-state index < -0.39 is 0 Å². The van der Waals surface area contributed by atoms with Crippen LogP contribution in [0.5, 0.6) is 0 Å². The molecule has 8 rings (SSSR count). The Hall–Kier alpha value is -0.818. The van der Waals surface area contributed by atoms with E-state index in [1.54, 1.807) is 27.4 Å². The molecule has 0 unspecified atom stereocenters. The minimum absolute atomic E-state index is 0. The standard InChI is InChI=1S/3C10H18N2S2.3C9H16N2OS2.2C9H16N2S3.Ni.Pd.2Pt/c2*1-6(2)11-8(5)12(7(3)4)10(14)9(11)13;1-4-6-11-8(3)12(7-5-2)10(14)9(11)13;2*1-5(2)10-7(13)8(14)11(6(3)4)9(10)12;1-3-5-10-7(13)8(14)11(6-4-2)9(10)12;2*1-5(2)10-7(12)8(13)11(6(3)4)9(10)14;;;;/h2*6-7,13-14H,5H2,1-4H3;13-14H,3-7H2,1-2H3;2*5-6,13-14H,1-4H3;13-14H,3-6H2,1-2H3;2*5-6,12-13H,1-4H3;;;;/q;;;;;;;;;;2*+4/p-16. The maximum absolute atomic E-state index is 11.9. The summed E-state index contributed by atoms with van der Waals surface area (Å²) in [6.07, 6.45) is 3.91. The average Bonchev–Trinajstić information content (AvgIpc) is 1.65. The summed E-state index contributed by atoms with van der Waals surface area (Å²) in [5.74, 6) is 2.76. The summed E-state index contributed by atoms with van der Waals surface area (Å²) in [5.41, 5.74) is -0.237. The van der Waals surface area contributed by atoms with Crippen molar-refractivity contribution < 1.29 is 79.0 Å². The third kappa shape index (κ3) is 29.6. The second-order valence-corrected chi connectivity index (χ2v) is 36.6. The first-order valence-corrected chi connectivity index (χ1v) is 44.9. The summed E-state index contributed by atoms with van der Waals surface area (Å²) < 4.78 is 18.7. The molecule has 0 aliphatic carbocycles. The van der Waals surface area contributed by atoms with Crippen LogP contribution in [0.2, 0.25) is 0 Å². The molecule has 0 bridgehead atoms. The number of hydrogen-bond acceptors (Lipinski definition) is 27. The van der Waals surface area contributed by atoms with E-state index in [1.807, 2.05) is 117 Å². The van der Waals surface area contributed by atoms with Crippen LogP contribution in [0.4, 0.5) is 0 Å². The molecule has 0 radical (unpaired) electrons. The third-order valence-corrected chi connectivity index (χ3v) is 25.1. The number of rotatable bonds is 20. The first kappa shape index (κ1) is 121. The molecule has 116 heavy (non-hydrogen) atoms. The van der Waals surface area contributed by atoms with E-state index in [1.165, 1.54) is 0 Å². The first-order chi connectivity index (χ1) is 51.5. The summed E-state index contributed by atoms with van der Waals surface area (Å²) in [7, 11) is 0. The zero-order valence-electron chi connectivity index (χ0n) is 71.7. The second-order valence-electron chi connectivity index (χ2n) is 29.7. The molecule has 19 nitrogen and oxygen atoms in total. The first-order valence-electron chi connectivity index (χ1n) is 37.6. The summed E-state index contributed by atoms with van der Waals surface area (Å²) >= 11 is 94.3. The van der Waals surface area contributed by atoms with E-state index in [0.717, 1.165) is 96.0 Å². The Bertz CT molecular complexity index is 3810. The van der Waals surface area contributed by atoms with Crippen molar-refractivity contribution in [1.82, 2.24) is 75.1 Å². The normalized spacial score (nSPS) is 13.3. The van der Waals surface area contributed by atoms with Gasteiger partial charge in [0.25, 0.3) is 0 Å². The molecule has 5 aromatic heterocycles. The van der Waals surface area contributed by atoms with Crippen molar-refractivity contribution in [2.45, 2.75) is 355 Å². The van der Waals surface area contributed by atoms with Gasteiger partial charge in [0.1, 0.15) is 17.5 Å². The Balaban J connectivity index is -0.000000615. The second kappa shape index (κ2) is 54.9. The molecule has 3 aliphatic heterocycles. The van der Waals surface area contributed by atoms with Crippen LogP contribution in [0.25, 0.3) is 0 Å². The summed E-state index contributed by atoms with van der Waals surface area (Å²) in [6, 6.07) is 2.63. The summed E-state index contributed by atoms with van der Waals surface area (Å²) in [6.45, 7) is 72.1. The molecule has 0 N–H and O–H groups in total. The van der Waals surface area contributed by atoms with Crippen LogP contribution in [0.1, 0.15) is 268 Å². The Kier molecular flexibility index (Phi) is 57.5. The SMILES string of the molecule is C=C1N(C(C)C)C([S-])=C([S-])N1C(C)C.C=C1N(C(C)C)C([S-])=C([S-])N1C(C)C.C=C1N(CCC)C([S-])=C([S-])N1CCC.CC(C)n1c([S-])c([S-])n(C(C)C)c1=O.CC(C)n1c([S-])c([S-])n(C(C)C)c1=O.CC(C)n1c([S-])c([S-])n(C(C)C)c1=S.CC(C)n1c([S-])c([S-])n(C(C)C)c1=S.CCCn1c([S-])c([S-])n(CCC)c1=O.[Ni].[Pd].[Pt+4].[Pt+4]. The van der Waals surface area contributed by atoms with Crippen LogP contribution in [-0.2, 0) is 294 Å². The van der Waals surface area contributed by atoms with Gasteiger partial charge in [0.2, 0.25) is 0 Å². The summed E-state index contributed by atoms with van der Waals surface area (Å²) in [4.78, 5) is 47.7. The van der Waals surface area contributed by atoms with Gasteiger partial charge in [0, 0.05) is 136 Å². The van der Waals surface area contributed by atoms with Gasteiger partial charge in [-0.3, -0.25) is 0 Å². The monoisotopic (exact) mass is 2420 g/mol. The molecular weight excluding hydrogens is 2310 g/mol. The molecule has 0 aromatic carbocycles. The molecule has 0 spiro atoms. The molecule has 0 saturated carbocycles. The maximum atomic E-state index is 11.9. The van der Waals surface area contributed by atoms with E-state index in [4.69, 9.17) is 226 Å². The van der Waals surface area contributed by atoms with E-state index >= 15 is 0 Å².